The van der Waals surface area contributed by atoms with Crippen LogP contribution in [-0.4, -0.2) is 37.6 Å². The van der Waals surface area contributed by atoms with E-state index in [1.807, 2.05) is 31.3 Å². The van der Waals surface area contributed by atoms with Gasteiger partial charge in [-0.1, -0.05) is 18.2 Å². The number of amides is 1. The van der Waals surface area contributed by atoms with Gasteiger partial charge in [0.15, 0.2) is 0 Å². The van der Waals surface area contributed by atoms with E-state index < -0.39 is 5.91 Å². The van der Waals surface area contributed by atoms with E-state index in [1.165, 1.54) is 0 Å². The molecule has 0 aliphatic carbocycles. The molecule has 5 nitrogen and oxygen atoms in total. The van der Waals surface area contributed by atoms with Crippen molar-refractivity contribution >= 4 is 22.5 Å². The SMILES string of the molecule is CNCC1CCN(c2c(C(N)=O)cnc3ccccc23)C1. The molecule has 0 saturated carbocycles. The molecular formula is C16H20N4O. The third-order valence-electron chi connectivity index (χ3n) is 4.11. The van der Waals surface area contributed by atoms with Gasteiger partial charge in [0.1, 0.15) is 0 Å². The normalized spacial score (nSPS) is 18.3. The van der Waals surface area contributed by atoms with Crippen LogP contribution in [-0.2, 0) is 0 Å². The fourth-order valence-electron chi connectivity index (χ4n) is 3.14. The molecule has 1 aliphatic heterocycles. The van der Waals surface area contributed by atoms with E-state index in [9.17, 15) is 4.79 Å². The van der Waals surface area contributed by atoms with Crippen LogP contribution in [0, 0.1) is 5.92 Å². The number of para-hydroxylation sites is 1. The van der Waals surface area contributed by atoms with Crippen LogP contribution in [0.15, 0.2) is 30.5 Å². The number of pyridine rings is 1. The van der Waals surface area contributed by atoms with Crippen molar-refractivity contribution in [2.75, 3.05) is 31.6 Å². The Morgan fingerprint density at radius 3 is 3.05 bits per heavy atom. The van der Waals surface area contributed by atoms with E-state index >= 15 is 0 Å². The van der Waals surface area contributed by atoms with E-state index in [1.54, 1.807) is 6.20 Å². The summed E-state index contributed by atoms with van der Waals surface area (Å²) in [6, 6.07) is 7.90. The van der Waals surface area contributed by atoms with Gasteiger partial charge in [0.05, 0.1) is 16.8 Å². The average Bonchev–Trinajstić information content (AvgIpc) is 2.94. The first-order valence-corrected chi connectivity index (χ1v) is 7.27. The highest BCUT2D eigenvalue weighted by Crippen LogP contribution is 2.33. The van der Waals surface area contributed by atoms with Crippen molar-refractivity contribution < 1.29 is 4.79 Å². The summed E-state index contributed by atoms with van der Waals surface area (Å²) < 4.78 is 0. The number of hydrogen-bond donors (Lipinski definition) is 2. The minimum atomic E-state index is -0.416. The van der Waals surface area contributed by atoms with Crippen molar-refractivity contribution in [2.24, 2.45) is 11.7 Å². The number of benzene rings is 1. The first-order chi connectivity index (χ1) is 10.2. The molecule has 2 heterocycles. The number of carbonyl (C=O) groups excluding carboxylic acids is 1. The number of nitrogens with two attached hydrogens (primary N) is 1. The molecule has 1 atom stereocenters. The number of anilines is 1. The van der Waals surface area contributed by atoms with Crippen LogP contribution in [0.25, 0.3) is 10.9 Å². The van der Waals surface area contributed by atoms with Crippen molar-refractivity contribution in [1.82, 2.24) is 10.3 Å². The second kappa shape index (κ2) is 5.69. The van der Waals surface area contributed by atoms with Crippen molar-refractivity contribution in [3.63, 3.8) is 0 Å². The molecule has 3 rings (SSSR count). The van der Waals surface area contributed by atoms with Gasteiger partial charge >= 0.3 is 0 Å². The van der Waals surface area contributed by atoms with Crippen molar-refractivity contribution in [1.29, 1.82) is 0 Å². The Labute approximate surface area is 124 Å². The van der Waals surface area contributed by atoms with E-state index in [2.05, 4.69) is 15.2 Å². The maximum absolute atomic E-state index is 11.8. The number of nitrogens with zero attached hydrogens (tertiary/aromatic N) is 2. The number of carbonyl (C=O) groups is 1. The summed E-state index contributed by atoms with van der Waals surface area (Å²) in [6.07, 6.45) is 2.72. The number of rotatable bonds is 4. The lowest BCUT2D eigenvalue weighted by Crippen LogP contribution is -2.27. The number of primary amides is 1. The molecule has 2 aromatic rings. The molecule has 1 amide bonds. The van der Waals surface area contributed by atoms with Gasteiger partial charge in [-0.25, -0.2) is 0 Å². The van der Waals surface area contributed by atoms with Gasteiger partial charge in [0.2, 0.25) is 0 Å². The van der Waals surface area contributed by atoms with Crippen molar-refractivity contribution in [3.8, 4) is 0 Å². The number of hydrogen-bond acceptors (Lipinski definition) is 4. The summed E-state index contributed by atoms with van der Waals surface area (Å²) in [6.45, 7) is 2.88. The van der Waals surface area contributed by atoms with Gasteiger partial charge in [-0.2, -0.15) is 0 Å². The summed E-state index contributed by atoms with van der Waals surface area (Å²) >= 11 is 0. The topological polar surface area (TPSA) is 71.2 Å². The lowest BCUT2D eigenvalue weighted by atomic mass is 10.1. The summed E-state index contributed by atoms with van der Waals surface area (Å²) in [4.78, 5) is 18.4. The lowest BCUT2D eigenvalue weighted by Gasteiger charge is -2.23. The van der Waals surface area contributed by atoms with Gasteiger partial charge in [0.25, 0.3) is 5.91 Å². The van der Waals surface area contributed by atoms with Gasteiger partial charge in [-0.15, -0.1) is 0 Å². The molecule has 1 unspecified atom stereocenters. The van der Waals surface area contributed by atoms with E-state index in [4.69, 9.17) is 5.73 Å². The highest BCUT2D eigenvalue weighted by atomic mass is 16.1. The zero-order valence-corrected chi connectivity index (χ0v) is 12.2. The fourth-order valence-corrected chi connectivity index (χ4v) is 3.14. The first kappa shape index (κ1) is 13.8. The van der Waals surface area contributed by atoms with Crippen LogP contribution in [0.1, 0.15) is 16.8 Å². The Bertz CT molecular complexity index is 670. The van der Waals surface area contributed by atoms with Gasteiger partial charge in [0, 0.05) is 24.7 Å². The molecule has 0 bridgehead atoms. The molecular weight excluding hydrogens is 264 g/mol. The molecule has 5 heteroatoms. The predicted molar refractivity (Wildman–Crippen MR) is 84.5 cm³/mol. The average molecular weight is 284 g/mol. The van der Waals surface area contributed by atoms with Gasteiger partial charge < -0.3 is 16.0 Å². The Balaban J connectivity index is 2.07. The molecule has 1 aromatic heterocycles. The monoisotopic (exact) mass is 284 g/mol. The Morgan fingerprint density at radius 1 is 1.48 bits per heavy atom. The van der Waals surface area contributed by atoms with Crippen LogP contribution in [0.4, 0.5) is 5.69 Å². The molecule has 1 fully saturated rings. The number of nitrogens with one attached hydrogen (secondary N) is 1. The standard InChI is InChI=1S/C16H20N4O/c1-18-8-11-6-7-20(10-11)15-12-4-2-3-5-14(12)19-9-13(15)16(17)21/h2-5,9,11,18H,6-8,10H2,1H3,(H2,17,21). The summed E-state index contributed by atoms with van der Waals surface area (Å²) in [5.41, 5.74) is 7.90. The van der Waals surface area contributed by atoms with Crippen LogP contribution in [0.5, 0.6) is 0 Å². The Morgan fingerprint density at radius 2 is 2.29 bits per heavy atom. The largest absolute Gasteiger partial charge is 0.370 e. The molecule has 110 valence electrons. The highest BCUT2D eigenvalue weighted by molar-refractivity contribution is 6.06. The molecule has 0 spiro atoms. The van der Waals surface area contributed by atoms with Crippen molar-refractivity contribution in [2.45, 2.75) is 6.42 Å². The second-order valence-corrected chi connectivity index (χ2v) is 5.56. The number of fused-ring (bicyclic) bond motifs is 1. The molecule has 0 radical (unpaired) electrons. The van der Waals surface area contributed by atoms with Crippen LogP contribution < -0.4 is 16.0 Å². The fraction of sp³-hybridized carbons (Fsp3) is 0.375. The zero-order valence-electron chi connectivity index (χ0n) is 12.2. The molecule has 1 aromatic carbocycles. The maximum atomic E-state index is 11.8. The zero-order chi connectivity index (χ0) is 14.8. The molecule has 1 aliphatic rings. The minimum Gasteiger partial charge on any atom is -0.370 e. The van der Waals surface area contributed by atoms with Crippen molar-refractivity contribution in [3.05, 3.63) is 36.0 Å². The maximum Gasteiger partial charge on any atom is 0.252 e. The number of aromatic nitrogens is 1. The summed E-state index contributed by atoms with van der Waals surface area (Å²) in [5, 5.41) is 4.22. The Hall–Kier alpha value is -2.14. The van der Waals surface area contributed by atoms with E-state index in [0.717, 1.165) is 42.6 Å². The summed E-state index contributed by atoms with van der Waals surface area (Å²) in [7, 11) is 1.97. The first-order valence-electron chi connectivity index (χ1n) is 7.27. The highest BCUT2D eigenvalue weighted by Gasteiger charge is 2.26. The third-order valence-corrected chi connectivity index (χ3v) is 4.11. The summed E-state index contributed by atoms with van der Waals surface area (Å²) in [5.74, 6) is 0.183. The van der Waals surface area contributed by atoms with E-state index in [0.29, 0.717) is 11.5 Å². The van der Waals surface area contributed by atoms with Crippen LogP contribution >= 0.6 is 0 Å². The van der Waals surface area contributed by atoms with Gasteiger partial charge in [-0.3, -0.25) is 9.78 Å². The minimum absolute atomic E-state index is 0.416. The second-order valence-electron chi connectivity index (χ2n) is 5.56. The Kier molecular flexibility index (Phi) is 3.75. The van der Waals surface area contributed by atoms with Crippen LogP contribution in [0.2, 0.25) is 0 Å². The van der Waals surface area contributed by atoms with E-state index in [-0.39, 0.29) is 0 Å². The van der Waals surface area contributed by atoms with Crippen LogP contribution in [0.3, 0.4) is 0 Å². The quantitative estimate of drug-likeness (QED) is 0.890. The predicted octanol–water partition coefficient (Wildman–Crippen LogP) is 1.38. The van der Waals surface area contributed by atoms with Gasteiger partial charge in [-0.05, 0) is 32.0 Å². The molecule has 21 heavy (non-hydrogen) atoms. The third kappa shape index (κ3) is 2.56. The molecule has 1 saturated heterocycles. The lowest BCUT2D eigenvalue weighted by molar-refractivity contribution is 0.100. The molecule has 3 N–H and O–H groups in total. The smallest absolute Gasteiger partial charge is 0.252 e.